The molecular weight excluding hydrogens is 254 g/mol. The standard InChI is InChI=1S/C15H23N3O2/c1-10(2)17-14-12(4-3-8-16-14)15(20)18-13(7-9-19)11-5-6-11/h3-4,8,10-11,13,19H,5-7,9H2,1-2H3,(H,16,17)(H,18,20). The van der Waals surface area contributed by atoms with Crippen LogP contribution in [-0.2, 0) is 0 Å². The van der Waals surface area contributed by atoms with Crippen molar-refractivity contribution in [1.82, 2.24) is 10.3 Å². The van der Waals surface area contributed by atoms with Gasteiger partial charge < -0.3 is 15.7 Å². The molecule has 5 nitrogen and oxygen atoms in total. The Labute approximate surface area is 119 Å². The maximum absolute atomic E-state index is 12.4. The van der Waals surface area contributed by atoms with Crippen LogP contribution in [0.5, 0.6) is 0 Å². The van der Waals surface area contributed by atoms with Gasteiger partial charge in [-0.25, -0.2) is 4.98 Å². The summed E-state index contributed by atoms with van der Waals surface area (Å²) in [6.45, 7) is 4.12. The first kappa shape index (κ1) is 14.8. The lowest BCUT2D eigenvalue weighted by Gasteiger charge is -2.19. The molecule has 0 bridgehead atoms. The number of aliphatic hydroxyl groups excluding tert-OH is 1. The van der Waals surface area contributed by atoms with Crippen molar-refractivity contribution in [1.29, 1.82) is 0 Å². The zero-order chi connectivity index (χ0) is 14.5. The van der Waals surface area contributed by atoms with Crippen molar-refractivity contribution in [2.45, 2.75) is 45.2 Å². The Balaban J connectivity index is 2.07. The van der Waals surface area contributed by atoms with Gasteiger partial charge in [-0.05, 0) is 51.2 Å². The van der Waals surface area contributed by atoms with Gasteiger partial charge in [0.1, 0.15) is 5.82 Å². The normalized spacial score (nSPS) is 16.0. The number of hydrogen-bond acceptors (Lipinski definition) is 4. The highest BCUT2D eigenvalue weighted by atomic mass is 16.3. The first-order chi connectivity index (χ1) is 9.61. The third kappa shape index (κ3) is 3.93. The van der Waals surface area contributed by atoms with Gasteiger partial charge in [0.2, 0.25) is 0 Å². The Hall–Kier alpha value is -1.62. The summed E-state index contributed by atoms with van der Waals surface area (Å²) in [6, 6.07) is 3.82. The average molecular weight is 277 g/mol. The van der Waals surface area contributed by atoms with E-state index in [1.165, 1.54) is 0 Å². The van der Waals surface area contributed by atoms with E-state index in [-0.39, 0.29) is 24.6 Å². The molecule has 1 aliphatic rings. The van der Waals surface area contributed by atoms with Crippen molar-refractivity contribution < 1.29 is 9.90 Å². The van der Waals surface area contributed by atoms with Crippen LogP contribution in [0.15, 0.2) is 18.3 Å². The number of aliphatic hydroxyl groups is 1. The summed E-state index contributed by atoms with van der Waals surface area (Å²) in [7, 11) is 0. The highest BCUT2D eigenvalue weighted by Crippen LogP contribution is 2.34. The maximum Gasteiger partial charge on any atom is 0.255 e. The van der Waals surface area contributed by atoms with Crippen LogP contribution in [0, 0.1) is 5.92 Å². The van der Waals surface area contributed by atoms with Crippen molar-refractivity contribution >= 4 is 11.7 Å². The van der Waals surface area contributed by atoms with Crippen LogP contribution in [-0.4, -0.2) is 34.7 Å². The van der Waals surface area contributed by atoms with Gasteiger partial charge in [-0.2, -0.15) is 0 Å². The molecule has 1 aromatic rings. The second-order valence-corrected chi connectivity index (χ2v) is 5.63. The number of carbonyl (C=O) groups is 1. The lowest BCUT2D eigenvalue weighted by Crippen LogP contribution is -2.37. The molecule has 1 atom stereocenters. The predicted octanol–water partition coefficient (Wildman–Crippen LogP) is 1.79. The van der Waals surface area contributed by atoms with Gasteiger partial charge in [-0.3, -0.25) is 4.79 Å². The van der Waals surface area contributed by atoms with Crippen LogP contribution < -0.4 is 10.6 Å². The topological polar surface area (TPSA) is 74.2 Å². The molecule has 0 saturated heterocycles. The van der Waals surface area contributed by atoms with E-state index in [2.05, 4.69) is 15.6 Å². The fourth-order valence-electron chi connectivity index (χ4n) is 2.29. The smallest absolute Gasteiger partial charge is 0.255 e. The van der Waals surface area contributed by atoms with E-state index < -0.39 is 0 Å². The van der Waals surface area contributed by atoms with Gasteiger partial charge in [-0.1, -0.05) is 0 Å². The molecule has 20 heavy (non-hydrogen) atoms. The van der Waals surface area contributed by atoms with E-state index in [0.717, 1.165) is 12.8 Å². The highest BCUT2D eigenvalue weighted by molar-refractivity contribution is 5.98. The number of carbonyl (C=O) groups excluding carboxylic acids is 1. The van der Waals surface area contributed by atoms with Crippen LogP contribution in [0.2, 0.25) is 0 Å². The quantitative estimate of drug-likeness (QED) is 0.710. The molecule has 0 radical (unpaired) electrons. The molecule has 1 amide bonds. The fraction of sp³-hybridized carbons (Fsp3) is 0.600. The number of nitrogens with one attached hydrogen (secondary N) is 2. The van der Waals surface area contributed by atoms with E-state index in [1.54, 1.807) is 18.3 Å². The number of rotatable bonds is 7. The summed E-state index contributed by atoms with van der Waals surface area (Å²) in [5.74, 6) is 1.01. The lowest BCUT2D eigenvalue weighted by atomic mass is 10.1. The Morgan fingerprint density at radius 3 is 2.85 bits per heavy atom. The summed E-state index contributed by atoms with van der Waals surface area (Å²) in [4.78, 5) is 16.6. The molecule has 0 spiro atoms. The van der Waals surface area contributed by atoms with Crippen LogP contribution >= 0.6 is 0 Å². The minimum atomic E-state index is -0.119. The molecule has 2 rings (SSSR count). The Kier molecular flexibility index (Phi) is 4.95. The van der Waals surface area contributed by atoms with E-state index in [1.807, 2.05) is 13.8 Å². The first-order valence-electron chi connectivity index (χ1n) is 7.25. The number of pyridine rings is 1. The Bertz CT molecular complexity index is 458. The number of amides is 1. The second kappa shape index (κ2) is 6.70. The lowest BCUT2D eigenvalue weighted by molar-refractivity contribution is 0.0925. The van der Waals surface area contributed by atoms with Gasteiger partial charge in [-0.15, -0.1) is 0 Å². The van der Waals surface area contributed by atoms with Crippen molar-refractivity contribution in [3.05, 3.63) is 23.9 Å². The summed E-state index contributed by atoms with van der Waals surface area (Å²) in [5.41, 5.74) is 0.560. The van der Waals surface area contributed by atoms with Crippen LogP contribution in [0.1, 0.15) is 43.5 Å². The van der Waals surface area contributed by atoms with Crippen molar-refractivity contribution in [2.75, 3.05) is 11.9 Å². The Morgan fingerprint density at radius 2 is 2.25 bits per heavy atom. The van der Waals surface area contributed by atoms with Gasteiger partial charge in [0, 0.05) is 24.9 Å². The zero-order valence-electron chi connectivity index (χ0n) is 12.1. The fourth-order valence-corrected chi connectivity index (χ4v) is 2.29. The monoisotopic (exact) mass is 277 g/mol. The molecule has 0 aliphatic heterocycles. The van der Waals surface area contributed by atoms with E-state index >= 15 is 0 Å². The molecule has 5 heteroatoms. The summed E-state index contributed by atoms with van der Waals surface area (Å²) in [6.07, 6.45) is 4.56. The van der Waals surface area contributed by atoms with Crippen LogP contribution in [0.4, 0.5) is 5.82 Å². The number of nitrogens with zero attached hydrogens (tertiary/aromatic N) is 1. The SMILES string of the molecule is CC(C)Nc1ncccc1C(=O)NC(CCO)C1CC1. The van der Waals surface area contributed by atoms with E-state index in [0.29, 0.717) is 23.7 Å². The summed E-state index contributed by atoms with van der Waals surface area (Å²) < 4.78 is 0. The van der Waals surface area contributed by atoms with Gasteiger partial charge in [0.15, 0.2) is 0 Å². The minimum absolute atomic E-state index is 0.0691. The minimum Gasteiger partial charge on any atom is -0.396 e. The first-order valence-corrected chi connectivity index (χ1v) is 7.25. The van der Waals surface area contributed by atoms with Gasteiger partial charge >= 0.3 is 0 Å². The second-order valence-electron chi connectivity index (χ2n) is 5.63. The molecule has 1 heterocycles. The molecule has 3 N–H and O–H groups in total. The van der Waals surface area contributed by atoms with Crippen LogP contribution in [0.3, 0.4) is 0 Å². The molecule has 1 unspecified atom stereocenters. The molecule has 0 aromatic carbocycles. The van der Waals surface area contributed by atoms with E-state index in [4.69, 9.17) is 5.11 Å². The van der Waals surface area contributed by atoms with Crippen molar-refractivity contribution in [2.24, 2.45) is 5.92 Å². The molecule has 1 fully saturated rings. The third-order valence-corrected chi connectivity index (χ3v) is 3.43. The maximum atomic E-state index is 12.4. The highest BCUT2D eigenvalue weighted by Gasteiger charge is 2.32. The number of hydrogen-bond donors (Lipinski definition) is 3. The molecule has 1 aromatic heterocycles. The molecule has 1 saturated carbocycles. The predicted molar refractivity (Wildman–Crippen MR) is 78.7 cm³/mol. The molecule has 1 aliphatic carbocycles. The average Bonchev–Trinajstić information content (AvgIpc) is 3.22. The third-order valence-electron chi connectivity index (χ3n) is 3.43. The van der Waals surface area contributed by atoms with E-state index in [9.17, 15) is 4.79 Å². The number of aromatic nitrogens is 1. The van der Waals surface area contributed by atoms with Gasteiger partial charge in [0.25, 0.3) is 5.91 Å². The number of anilines is 1. The zero-order valence-corrected chi connectivity index (χ0v) is 12.1. The molecular formula is C15H23N3O2. The van der Waals surface area contributed by atoms with Gasteiger partial charge in [0.05, 0.1) is 5.56 Å². The summed E-state index contributed by atoms with van der Waals surface area (Å²) in [5, 5.41) is 15.3. The van der Waals surface area contributed by atoms with Crippen LogP contribution in [0.25, 0.3) is 0 Å². The Morgan fingerprint density at radius 1 is 1.50 bits per heavy atom. The largest absolute Gasteiger partial charge is 0.396 e. The van der Waals surface area contributed by atoms with Crippen molar-refractivity contribution in [3.63, 3.8) is 0 Å². The summed E-state index contributed by atoms with van der Waals surface area (Å²) >= 11 is 0. The molecule has 110 valence electrons. The van der Waals surface area contributed by atoms with Crippen molar-refractivity contribution in [3.8, 4) is 0 Å².